The van der Waals surface area contributed by atoms with Crippen LogP contribution in [0.3, 0.4) is 0 Å². The molecule has 0 saturated carbocycles. The molecule has 2 bridgehead atoms. The second kappa shape index (κ2) is 6.08. The lowest BCUT2D eigenvalue weighted by atomic mass is 9.90. The molecule has 3 aliphatic rings. The Morgan fingerprint density at radius 2 is 2.18 bits per heavy atom. The van der Waals surface area contributed by atoms with Crippen molar-refractivity contribution in [3.63, 3.8) is 0 Å². The van der Waals surface area contributed by atoms with E-state index in [9.17, 15) is 4.79 Å². The van der Waals surface area contributed by atoms with Crippen molar-refractivity contribution < 1.29 is 9.53 Å². The second-order valence-electron chi connectivity index (χ2n) is 5.74. The normalized spacial score (nSPS) is 17.4. The van der Waals surface area contributed by atoms with Crippen molar-refractivity contribution in [1.29, 1.82) is 0 Å². The van der Waals surface area contributed by atoms with Crippen LogP contribution in [0.15, 0.2) is 23.9 Å². The van der Waals surface area contributed by atoms with Gasteiger partial charge in [0.1, 0.15) is 5.75 Å². The first-order chi connectivity index (χ1) is 10.6. The summed E-state index contributed by atoms with van der Waals surface area (Å²) in [5.41, 5.74) is 7.74. The number of benzene rings is 1. The van der Waals surface area contributed by atoms with Gasteiger partial charge < -0.3 is 20.7 Å². The summed E-state index contributed by atoms with van der Waals surface area (Å²) >= 11 is 6.01. The van der Waals surface area contributed by atoms with Crippen LogP contribution in [0.25, 0.3) is 0 Å². The lowest BCUT2D eigenvalue weighted by molar-refractivity contribution is 0.0947. The highest BCUT2D eigenvalue weighted by atomic mass is 35.5. The van der Waals surface area contributed by atoms with Crippen molar-refractivity contribution in [2.75, 3.05) is 32.5 Å². The highest BCUT2D eigenvalue weighted by Crippen LogP contribution is 2.30. The maximum absolute atomic E-state index is 12.4. The predicted molar refractivity (Wildman–Crippen MR) is 87.1 cm³/mol. The van der Waals surface area contributed by atoms with E-state index in [-0.39, 0.29) is 5.91 Å². The van der Waals surface area contributed by atoms with Crippen LogP contribution in [0.4, 0.5) is 5.69 Å². The number of amides is 1. The maximum Gasteiger partial charge on any atom is 0.255 e. The van der Waals surface area contributed by atoms with Crippen LogP contribution in [0.1, 0.15) is 23.2 Å². The third kappa shape index (κ3) is 2.86. The van der Waals surface area contributed by atoms with Gasteiger partial charge in [0.05, 0.1) is 29.9 Å². The summed E-state index contributed by atoms with van der Waals surface area (Å²) in [4.78, 5) is 14.7. The number of nitrogens with zero attached hydrogens (tertiary/aromatic N) is 1. The summed E-state index contributed by atoms with van der Waals surface area (Å²) < 4.78 is 5.22. The van der Waals surface area contributed by atoms with Gasteiger partial charge in [0, 0.05) is 24.9 Å². The van der Waals surface area contributed by atoms with E-state index in [0.717, 1.165) is 13.1 Å². The summed E-state index contributed by atoms with van der Waals surface area (Å²) in [5.74, 6) is 0.888. The molecule has 3 aliphatic heterocycles. The zero-order chi connectivity index (χ0) is 15.7. The number of hydrogen-bond acceptors (Lipinski definition) is 4. The molecule has 5 nitrogen and oxygen atoms in total. The summed E-state index contributed by atoms with van der Waals surface area (Å²) in [6, 6.07) is 3.12. The molecule has 3 N–H and O–H groups in total. The smallest absolute Gasteiger partial charge is 0.255 e. The van der Waals surface area contributed by atoms with E-state index in [2.05, 4.69) is 16.3 Å². The third-order valence-electron chi connectivity index (χ3n) is 4.37. The number of allylic oxidation sites excluding steroid dienone is 1. The van der Waals surface area contributed by atoms with Crippen molar-refractivity contribution in [2.24, 2.45) is 5.92 Å². The molecule has 0 aliphatic carbocycles. The Balaban J connectivity index is 1.71. The third-order valence-corrected chi connectivity index (χ3v) is 4.69. The van der Waals surface area contributed by atoms with Gasteiger partial charge in [0.2, 0.25) is 0 Å². The second-order valence-corrected chi connectivity index (χ2v) is 6.15. The van der Waals surface area contributed by atoms with Gasteiger partial charge in [0.25, 0.3) is 5.91 Å². The molecular formula is C16H20ClN3O2. The standard InChI is InChI=1S/C16H20ClN3O2/c1-22-15-8-14(18)13(17)7-12(15)16(21)19-9-11-6-10-2-4-20(11)5-3-10/h6-8,10H,2-5,9,18H2,1H3,(H,19,21). The maximum atomic E-state index is 12.4. The Morgan fingerprint density at radius 1 is 1.45 bits per heavy atom. The Kier molecular flexibility index (Phi) is 4.16. The Hall–Kier alpha value is -1.88. The SMILES string of the molecule is COc1cc(N)c(Cl)cc1C(=O)NCC1=CC2CCN1CC2. The zero-order valence-electron chi connectivity index (χ0n) is 12.6. The quantitative estimate of drug-likeness (QED) is 0.835. The summed E-state index contributed by atoms with van der Waals surface area (Å²) in [6.07, 6.45) is 4.72. The van der Waals surface area contributed by atoms with Crippen molar-refractivity contribution in [3.05, 3.63) is 34.5 Å². The number of fused-ring (bicyclic) bond motifs is 2. The molecule has 6 heteroatoms. The fourth-order valence-electron chi connectivity index (χ4n) is 3.08. The minimum absolute atomic E-state index is 0.206. The first-order valence-electron chi connectivity index (χ1n) is 7.45. The van der Waals surface area contributed by atoms with Crippen molar-refractivity contribution in [2.45, 2.75) is 12.8 Å². The molecule has 118 valence electrons. The van der Waals surface area contributed by atoms with Crippen LogP contribution in [0.2, 0.25) is 5.02 Å². The first kappa shape index (κ1) is 15.0. The van der Waals surface area contributed by atoms with Crippen molar-refractivity contribution >= 4 is 23.2 Å². The fourth-order valence-corrected chi connectivity index (χ4v) is 3.25. The molecule has 4 rings (SSSR count). The van der Waals surface area contributed by atoms with Crippen LogP contribution in [-0.2, 0) is 0 Å². The van der Waals surface area contributed by atoms with Crippen LogP contribution < -0.4 is 15.8 Å². The average Bonchev–Trinajstić information content (AvgIpc) is 2.55. The molecule has 0 spiro atoms. The Bertz CT molecular complexity index is 622. The van der Waals surface area contributed by atoms with Crippen LogP contribution in [-0.4, -0.2) is 37.6 Å². The molecule has 0 aromatic heterocycles. The molecule has 3 heterocycles. The number of nitrogens with two attached hydrogens (primary N) is 1. The van der Waals surface area contributed by atoms with E-state index < -0.39 is 0 Å². The number of anilines is 1. The number of nitrogen functional groups attached to an aromatic ring is 1. The molecule has 22 heavy (non-hydrogen) atoms. The summed E-state index contributed by atoms with van der Waals surface area (Å²) in [7, 11) is 1.51. The van der Waals surface area contributed by atoms with Gasteiger partial charge >= 0.3 is 0 Å². The predicted octanol–water partition coefficient (Wildman–Crippen LogP) is 2.27. The van der Waals surface area contributed by atoms with Gasteiger partial charge in [-0.25, -0.2) is 0 Å². The topological polar surface area (TPSA) is 67.6 Å². The summed E-state index contributed by atoms with van der Waals surface area (Å²) in [5, 5.41) is 3.30. The number of ether oxygens (including phenoxy) is 1. The van der Waals surface area contributed by atoms with E-state index >= 15 is 0 Å². The Labute approximate surface area is 135 Å². The lowest BCUT2D eigenvalue weighted by Crippen LogP contribution is -2.41. The van der Waals surface area contributed by atoms with E-state index in [4.69, 9.17) is 22.1 Å². The van der Waals surface area contributed by atoms with E-state index in [1.54, 1.807) is 12.1 Å². The van der Waals surface area contributed by atoms with Gasteiger partial charge in [-0.1, -0.05) is 17.7 Å². The number of hydrogen-bond donors (Lipinski definition) is 2. The molecule has 1 amide bonds. The minimum Gasteiger partial charge on any atom is -0.496 e. The van der Waals surface area contributed by atoms with Crippen LogP contribution in [0.5, 0.6) is 5.75 Å². The lowest BCUT2D eigenvalue weighted by Gasteiger charge is -2.40. The zero-order valence-corrected chi connectivity index (χ0v) is 13.3. The average molecular weight is 322 g/mol. The number of methoxy groups -OCH3 is 1. The first-order valence-corrected chi connectivity index (χ1v) is 7.83. The van der Waals surface area contributed by atoms with Gasteiger partial charge in [-0.15, -0.1) is 0 Å². The van der Waals surface area contributed by atoms with E-state index in [1.807, 2.05) is 0 Å². The van der Waals surface area contributed by atoms with E-state index in [1.165, 1.54) is 25.6 Å². The molecule has 1 aromatic carbocycles. The van der Waals surface area contributed by atoms with Gasteiger partial charge in [-0.2, -0.15) is 0 Å². The Morgan fingerprint density at radius 3 is 2.77 bits per heavy atom. The van der Waals surface area contributed by atoms with E-state index in [0.29, 0.717) is 34.5 Å². The van der Waals surface area contributed by atoms with Crippen LogP contribution >= 0.6 is 11.6 Å². The highest BCUT2D eigenvalue weighted by molar-refractivity contribution is 6.33. The number of halogens is 1. The molecule has 0 atom stereocenters. The van der Waals surface area contributed by atoms with Crippen LogP contribution in [0, 0.1) is 5.92 Å². The number of nitrogens with one attached hydrogen (secondary N) is 1. The highest BCUT2D eigenvalue weighted by Gasteiger charge is 2.26. The largest absolute Gasteiger partial charge is 0.496 e. The number of rotatable bonds is 4. The molecular weight excluding hydrogens is 302 g/mol. The fraction of sp³-hybridized carbons (Fsp3) is 0.438. The van der Waals surface area contributed by atoms with Gasteiger partial charge in [-0.05, 0) is 24.8 Å². The molecule has 1 fully saturated rings. The molecule has 1 aromatic rings. The minimum atomic E-state index is -0.206. The molecule has 1 saturated heterocycles. The summed E-state index contributed by atoms with van der Waals surface area (Å²) in [6.45, 7) is 2.70. The van der Waals surface area contributed by atoms with Crippen molar-refractivity contribution in [1.82, 2.24) is 10.2 Å². The number of carbonyl (C=O) groups is 1. The molecule has 0 radical (unpaired) electrons. The number of carbonyl (C=O) groups excluding carboxylic acids is 1. The number of piperidine rings is 1. The monoisotopic (exact) mass is 321 g/mol. The van der Waals surface area contributed by atoms with Gasteiger partial charge in [-0.3, -0.25) is 4.79 Å². The van der Waals surface area contributed by atoms with Crippen molar-refractivity contribution in [3.8, 4) is 5.75 Å². The molecule has 0 unspecified atom stereocenters. The van der Waals surface area contributed by atoms with Gasteiger partial charge in [0.15, 0.2) is 0 Å².